The molecule has 1 aliphatic rings. The van der Waals surface area contributed by atoms with E-state index in [0.29, 0.717) is 18.0 Å². The summed E-state index contributed by atoms with van der Waals surface area (Å²) in [5.74, 6) is -0.576. The Labute approximate surface area is 149 Å². The predicted molar refractivity (Wildman–Crippen MR) is 93.7 cm³/mol. The first-order chi connectivity index (χ1) is 11.9. The molecule has 0 aromatic heterocycles. The Hall–Kier alpha value is -2.60. The minimum atomic E-state index is -0.545. The number of carbonyl (C=O) groups is 2. The summed E-state index contributed by atoms with van der Waals surface area (Å²) in [6, 6.07) is 9.31. The van der Waals surface area contributed by atoms with E-state index >= 15 is 0 Å². The van der Waals surface area contributed by atoms with E-state index in [4.69, 9.17) is 16.3 Å². The second-order valence-electron chi connectivity index (χ2n) is 5.68. The van der Waals surface area contributed by atoms with Crippen LogP contribution in [0.3, 0.4) is 0 Å². The summed E-state index contributed by atoms with van der Waals surface area (Å²) in [5.41, 5.74) is 2.52. The Balaban J connectivity index is 1.60. The maximum atomic E-state index is 13.1. The van der Waals surface area contributed by atoms with Gasteiger partial charge in [0.15, 0.2) is 6.61 Å². The Kier molecular flexibility index (Phi) is 4.90. The molecule has 2 aromatic rings. The number of hydrogen-bond donors (Lipinski definition) is 1. The molecule has 1 N–H and O–H groups in total. The van der Waals surface area contributed by atoms with Crippen LogP contribution in [0.25, 0.3) is 0 Å². The highest BCUT2D eigenvalue weighted by atomic mass is 35.5. The molecule has 1 aliphatic heterocycles. The summed E-state index contributed by atoms with van der Waals surface area (Å²) in [6.45, 7) is 1.96. The van der Waals surface area contributed by atoms with Gasteiger partial charge in [-0.25, -0.2) is 4.39 Å². The summed E-state index contributed by atoms with van der Waals surface area (Å²) in [6.07, 6.45) is 0.753. The molecule has 0 atom stereocenters. The summed E-state index contributed by atoms with van der Waals surface area (Å²) >= 11 is 5.66. The second-order valence-corrected chi connectivity index (χ2v) is 6.08. The molecule has 2 amide bonds. The van der Waals surface area contributed by atoms with Crippen molar-refractivity contribution >= 4 is 34.8 Å². The standard InChI is InChI=1S/C18H16ClFN2O3/c1-11(23)22-7-6-12-8-13(2-5-17(12)22)21-18(24)10-25-14-3-4-16(20)15(19)9-14/h2-5,8-9H,6-7,10H2,1H3,(H,21,24). The quantitative estimate of drug-likeness (QED) is 0.906. The number of carbonyl (C=O) groups excluding carboxylic acids is 2. The van der Waals surface area contributed by atoms with Crippen molar-refractivity contribution in [1.29, 1.82) is 0 Å². The Morgan fingerprint density at radius 3 is 2.80 bits per heavy atom. The molecule has 7 heteroatoms. The van der Waals surface area contributed by atoms with Crippen LogP contribution in [-0.2, 0) is 16.0 Å². The van der Waals surface area contributed by atoms with E-state index in [-0.39, 0.29) is 23.4 Å². The molecule has 0 bridgehead atoms. The predicted octanol–water partition coefficient (Wildman–Crippen LogP) is 3.41. The molecule has 2 aromatic carbocycles. The van der Waals surface area contributed by atoms with Crippen molar-refractivity contribution in [2.45, 2.75) is 13.3 Å². The largest absolute Gasteiger partial charge is 0.484 e. The minimum Gasteiger partial charge on any atom is -0.484 e. The number of ether oxygens (including phenoxy) is 1. The van der Waals surface area contributed by atoms with Crippen molar-refractivity contribution < 1.29 is 18.7 Å². The third-order valence-electron chi connectivity index (χ3n) is 3.90. The van der Waals surface area contributed by atoms with Gasteiger partial charge in [-0.15, -0.1) is 0 Å². The third kappa shape index (κ3) is 3.91. The number of amides is 2. The van der Waals surface area contributed by atoms with Gasteiger partial charge >= 0.3 is 0 Å². The molecule has 0 radical (unpaired) electrons. The molecule has 0 saturated carbocycles. The molecule has 0 unspecified atom stereocenters. The van der Waals surface area contributed by atoms with Gasteiger partial charge in [-0.3, -0.25) is 9.59 Å². The summed E-state index contributed by atoms with van der Waals surface area (Å²) in [4.78, 5) is 25.3. The molecule has 0 saturated heterocycles. The van der Waals surface area contributed by atoms with Crippen molar-refractivity contribution in [1.82, 2.24) is 0 Å². The Morgan fingerprint density at radius 1 is 1.28 bits per heavy atom. The molecule has 0 spiro atoms. The lowest BCUT2D eigenvalue weighted by atomic mass is 10.1. The van der Waals surface area contributed by atoms with Gasteiger partial charge < -0.3 is 15.0 Å². The van der Waals surface area contributed by atoms with Crippen molar-refractivity contribution in [3.63, 3.8) is 0 Å². The molecule has 130 valence electrons. The van der Waals surface area contributed by atoms with Crippen LogP contribution in [0.2, 0.25) is 5.02 Å². The highest BCUT2D eigenvalue weighted by molar-refractivity contribution is 6.30. The number of halogens is 2. The number of nitrogens with zero attached hydrogens (tertiary/aromatic N) is 1. The Bertz CT molecular complexity index is 841. The van der Waals surface area contributed by atoms with E-state index in [9.17, 15) is 14.0 Å². The number of nitrogens with one attached hydrogen (secondary N) is 1. The van der Waals surface area contributed by atoms with Crippen LogP contribution in [-0.4, -0.2) is 25.0 Å². The van der Waals surface area contributed by atoms with Crippen LogP contribution in [0.4, 0.5) is 15.8 Å². The molecular weight excluding hydrogens is 347 g/mol. The number of rotatable bonds is 4. The van der Waals surface area contributed by atoms with Crippen molar-refractivity contribution in [2.75, 3.05) is 23.4 Å². The van der Waals surface area contributed by atoms with Gasteiger partial charge in [-0.1, -0.05) is 11.6 Å². The summed E-state index contributed by atoms with van der Waals surface area (Å²) < 4.78 is 18.4. The van der Waals surface area contributed by atoms with Crippen molar-refractivity contribution in [3.05, 3.63) is 52.8 Å². The van der Waals surface area contributed by atoms with Crippen LogP contribution >= 0.6 is 11.6 Å². The first-order valence-corrected chi connectivity index (χ1v) is 8.10. The number of fused-ring (bicyclic) bond motifs is 1. The zero-order valence-corrected chi connectivity index (χ0v) is 14.3. The number of hydrogen-bond acceptors (Lipinski definition) is 3. The van der Waals surface area contributed by atoms with E-state index in [1.165, 1.54) is 25.1 Å². The molecule has 0 aliphatic carbocycles. The smallest absolute Gasteiger partial charge is 0.262 e. The van der Waals surface area contributed by atoms with Crippen LogP contribution in [0.1, 0.15) is 12.5 Å². The highest BCUT2D eigenvalue weighted by Crippen LogP contribution is 2.30. The lowest BCUT2D eigenvalue weighted by Gasteiger charge is -2.15. The minimum absolute atomic E-state index is 0.00175. The fourth-order valence-corrected chi connectivity index (χ4v) is 2.89. The zero-order valence-electron chi connectivity index (χ0n) is 13.5. The van der Waals surface area contributed by atoms with E-state index < -0.39 is 5.82 Å². The highest BCUT2D eigenvalue weighted by Gasteiger charge is 2.22. The summed E-state index contributed by atoms with van der Waals surface area (Å²) in [5, 5.41) is 2.67. The van der Waals surface area contributed by atoms with Crippen LogP contribution in [0, 0.1) is 5.82 Å². The molecule has 1 heterocycles. The summed E-state index contributed by atoms with van der Waals surface area (Å²) in [7, 11) is 0. The van der Waals surface area contributed by atoms with Crippen LogP contribution < -0.4 is 15.0 Å². The molecule has 5 nitrogen and oxygen atoms in total. The van der Waals surface area contributed by atoms with Crippen molar-refractivity contribution in [2.24, 2.45) is 0 Å². The van der Waals surface area contributed by atoms with E-state index in [1.54, 1.807) is 11.0 Å². The monoisotopic (exact) mass is 362 g/mol. The zero-order chi connectivity index (χ0) is 18.0. The van der Waals surface area contributed by atoms with Gasteiger partial charge in [0.2, 0.25) is 5.91 Å². The molecule has 25 heavy (non-hydrogen) atoms. The van der Waals surface area contributed by atoms with E-state index in [0.717, 1.165) is 17.7 Å². The fourth-order valence-electron chi connectivity index (χ4n) is 2.72. The van der Waals surface area contributed by atoms with Gasteiger partial charge in [0, 0.05) is 30.9 Å². The number of benzene rings is 2. The normalized spacial score (nSPS) is 12.7. The molecular formula is C18H16ClFN2O3. The van der Waals surface area contributed by atoms with Crippen molar-refractivity contribution in [3.8, 4) is 5.75 Å². The maximum Gasteiger partial charge on any atom is 0.262 e. The Morgan fingerprint density at radius 2 is 2.08 bits per heavy atom. The second kappa shape index (κ2) is 7.11. The number of anilines is 2. The third-order valence-corrected chi connectivity index (χ3v) is 4.19. The fraction of sp³-hybridized carbons (Fsp3) is 0.222. The van der Waals surface area contributed by atoms with Crippen LogP contribution in [0.15, 0.2) is 36.4 Å². The first kappa shape index (κ1) is 17.2. The first-order valence-electron chi connectivity index (χ1n) is 7.73. The molecule has 3 rings (SSSR count). The topological polar surface area (TPSA) is 58.6 Å². The van der Waals surface area contributed by atoms with E-state index in [1.807, 2.05) is 12.1 Å². The van der Waals surface area contributed by atoms with Gasteiger partial charge in [-0.2, -0.15) is 0 Å². The molecule has 0 fully saturated rings. The van der Waals surface area contributed by atoms with Crippen LogP contribution in [0.5, 0.6) is 5.75 Å². The van der Waals surface area contributed by atoms with Gasteiger partial charge in [0.25, 0.3) is 5.91 Å². The van der Waals surface area contributed by atoms with Gasteiger partial charge in [-0.05, 0) is 42.3 Å². The average Bonchev–Trinajstić information content (AvgIpc) is 2.99. The lowest BCUT2D eigenvalue weighted by molar-refractivity contribution is -0.118. The SMILES string of the molecule is CC(=O)N1CCc2cc(NC(=O)COc3ccc(F)c(Cl)c3)ccc21. The maximum absolute atomic E-state index is 13.1. The van der Waals surface area contributed by atoms with Gasteiger partial charge in [0.1, 0.15) is 11.6 Å². The van der Waals surface area contributed by atoms with Gasteiger partial charge in [0.05, 0.1) is 5.02 Å². The lowest BCUT2D eigenvalue weighted by Crippen LogP contribution is -2.25. The average molecular weight is 363 g/mol. The van der Waals surface area contributed by atoms with E-state index in [2.05, 4.69) is 5.32 Å².